The first-order valence-electron chi connectivity index (χ1n) is 9.07. The normalized spacial score (nSPS) is 14.7. The predicted molar refractivity (Wildman–Crippen MR) is 114 cm³/mol. The van der Waals surface area contributed by atoms with Gasteiger partial charge in [0.2, 0.25) is 0 Å². The lowest BCUT2D eigenvalue weighted by atomic mass is 10.2. The molecule has 0 saturated carbocycles. The summed E-state index contributed by atoms with van der Waals surface area (Å²) in [7, 11) is 0. The third-order valence-electron chi connectivity index (χ3n) is 4.37. The number of carbonyl (C=O) groups is 2. The Morgan fingerprint density at radius 3 is 2.71 bits per heavy atom. The molecule has 0 aliphatic carbocycles. The van der Waals surface area contributed by atoms with Gasteiger partial charge < -0.3 is 16.0 Å². The Balaban J connectivity index is 1.60. The van der Waals surface area contributed by atoms with Crippen molar-refractivity contribution in [1.82, 2.24) is 35.4 Å². The zero-order valence-corrected chi connectivity index (χ0v) is 16.4. The number of hydrogen-bond donors (Lipinski definition) is 5. The molecule has 1 aromatic carbocycles. The molecule has 12 heteroatoms. The lowest BCUT2D eigenvalue weighted by Gasteiger charge is -2.11. The highest BCUT2D eigenvalue weighted by Gasteiger charge is 2.23. The zero-order chi connectivity index (χ0) is 21.4. The van der Waals surface area contributed by atoms with Crippen molar-refractivity contribution >= 4 is 58.4 Å². The van der Waals surface area contributed by atoms with Crippen molar-refractivity contribution in [3.8, 4) is 0 Å². The van der Waals surface area contributed by atoms with Gasteiger partial charge in [-0.25, -0.2) is 9.78 Å². The summed E-state index contributed by atoms with van der Waals surface area (Å²) in [6, 6.07) is 10.2. The van der Waals surface area contributed by atoms with E-state index in [-0.39, 0.29) is 5.70 Å². The maximum atomic E-state index is 11.9. The van der Waals surface area contributed by atoms with E-state index in [1.165, 1.54) is 6.08 Å². The van der Waals surface area contributed by atoms with Gasteiger partial charge in [0.1, 0.15) is 17.3 Å². The molecule has 5 rings (SSSR count). The summed E-state index contributed by atoms with van der Waals surface area (Å²) in [4.78, 5) is 27.9. The number of imide groups is 1. The van der Waals surface area contributed by atoms with Crippen LogP contribution in [0.2, 0.25) is 5.02 Å². The Labute approximate surface area is 179 Å². The summed E-state index contributed by atoms with van der Waals surface area (Å²) in [6.45, 7) is 0. The molecule has 5 N–H and O–H groups in total. The molecular formula is C19H14ClN9O2. The lowest BCUT2D eigenvalue weighted by Crippen LogP contribution is -2.22. The van der Waals surface area contributed by atoms with E-state index in [1.807, 2.05) is 12.1 Å². The molecule has 4 heterocycles. The number of H-pyrrole nitrogens is 1. The number of carbonyl (C=O) groups excluding carboxylic acids is 2. The predicted octanol–water partition coefficient (Wildman–Crippen LogP) is 2.77. The SMILES string of the molecule is O=C1NC(=O)/C(=C\c2cnn3c(Nc4cc[nH]n4)cc(Nc4cccc(Cl)c4)nc23)N1. The zero-order valence-electron chi connectivity index (χ0n) is 15.7. The van der Waals surface area contributed by atoms with Gasteiger partial charge in [0.25, 0.3) is 5.91 Å². The smallest absolute Gasteiger partial charge is 0.326 e. The van der Waals surface area contributed by atoms with Crippen LogP contribution in [0.4, 0.5) is 27.9 Å². The molecule has 4 aromatic rings. The second-order valence-corrected chi connectivity index (χ2v) is 6.98. The van der Waals surface area contributed by atoms with Crippen LogP contribution >= 0.6 is 11.6 Å². The van der Waals surface area contributed by atoms with Gasteiger partial charge in [0.05, 0.1) is 6.20 Å². The summed E-state index contributed by atoms with van der Waals surface area (Å²) >= 11 is 6.08. The number of nitrogens with zero attached hydrogens (tertiary/aromatic N) is 4. The third kappa shape index (κ3) is 3.76. The number of hydrogen-bond acceptors (Lipinski definition) is 7. The minimum atomic E-state index is -0.579. The van der Waals surface area contributed by atoms with Crippen molar-refractivity contribution in [1.29, 1.82) is 0 Å². The average molecular weight is 436 g/mol. The van der Waals surface area contributed by atoms with E-state index in [2.05, 4.69) is 41.5 Å². The van der Waals surface area contributed by atoms with Crippen LogP contribution in [0.15, 0.2) is 54.5 Å². The molecule has 1 fully saturated rings. The first kappa shape index (κ1) is 18.6. The van der Waals surface area contributed by atoms with Crippen molar-refractivity contribution in [2.45, 2.75) is 0 Å². The number of urea groups is 1. The molecule has 154 valence electrons. The number of amides is 3. The van der Waals surface area contributed by atoms with Crippen molar-refractivity contribution in [3.63, 3.8) is 0 Å². The topological polar surface area (TPSA) is 141 Å². The molecule has 0 bridgehead atoms. The van der Waals surface area contributed by atoms with Crippen molar-refractivity contribution in [2.24, 2.45) is 0 Å². The van der Waals surface area contributed by atoms with Crippen molar-refractivity contribution < 1.29 is 9.59 Å². The number of fused-ring (bicyclic) bond motifs is 1. The van der Waals surface area contributed by atoms with E-state index < -0.39 is 11.9 Å². The van der Waals surface area contributed by atoms with Gasteiger partial charge >= 0.3 is 6.03 Å². The summed E-state index contributed by atoms with van der Waals surface area (Å²) in [6.07, 6.45) is 4.75. The van der Waals surface area contributed by atoms with Crippen LogP contribution in [0.3, 0.4) is 0 Å². The molecule has 3 aromatic heterocycles. The summed E-state index contributed by atoms with van der Waals surface area (Å²) in [5, 5.41) is 22.8. The van der Waals surface area contributed by atoms with Crippen LogP contribution in [0.25, 0.3) is 11.7 Å². The van der Waals surface area contributed by atoms with E-state index >= 15 is 0 Å². The van der Waals surface area contributed by atoms with Crippen molar-refractivity contribution in [3.05, 3.63) is 65.1 Å². The Kier molecular flexibility index (Phi) is 4.49. The summed E-state index contributed by atoms with van der Waals surface area (Å²) < 4.78 is 1.57. The van der Waals surface area contributed by atoms with Gasteiger partial charge in [-0.1, -0.05) is 17.7 Å². The number of halogens is 1. The van der Waals surface area contributed by atoms with Crippen LogP contribution < -0.4 is 21.3 Å². The largest absolute Gasteiger partial charge is 0.340 e. The second-order valence-electron chi connectivity index (χ2n) is 6.55. The van der Waals surface area contributed by atoms with Gasteiger partial charge in [-0.3, -0.25) is 15.2 Å². The number of aromatic nitrogens is 5. The van der Waals surface area contributed by atoms with Crippen LogP contribution in [-0.2, 0) is 4.79 Å². The highest BCUT2D eigenvalue weighted by atomic mass is 35.5. The second kappa shape index (κ2) is 7.46. The molecule has 0 atom stereocenters. The fourth-order valence-electron chi connectivity index (χ4n) is 3.05. The molecular weight excluding hydrogens is 422 g/mol. The van der Waals surface area contributed by atoms with E-state index in [9.17, 15) is 9.59 Å². The van der Waals surface area contributed by atoms with E-state index in [1.54, 1.807) is 41.2 Å². The maximum absolute atomic E-state index is 11.9. The van der Waals surface area contributed by atoms with Crippen LogP contribution in [0, 0.1) is 0 Å². The van der Waals surface area contributed by atoms with Gasteiger partial charge in [0, 0.05) is 34.6 Å². The van der Waals surface area contributed by atoms with Crippen LogP contribution in [0.1, 0.15) is 5.56 Å². The Morgan fingerprint density at radius 1 is 1.06 bits per heavy atom. The van der Waals surface area contributed by atoms with E-state index in [4.69, 9.17) is 11.6 Å². The molecule has 31 heavy (non-hydrogen) atoms. The number of aromatic amines is 1. The highest BCUT2D eigenvalue weighted by Crippen LogP contribution is 2.26. The fourth-order valence-corrected chi connectivity index (χ4v) is 3.24. The Morgan fingerprint density at radius 2 is 1.97 bits per heavy atom. The average Bonchev–Trinajstić information content (AvgIpc) is 3.44. The Bertz CT molecular complexity index is 1340. The lowest BCUT2D eigenvalue weighted by molar-refractivity contribution is -0.115. The standard InChI is InChI=1S/C19H14ClN9O2/c20-11-2-1-3-12(7-11)23-15-8-16(25-14-4-5-21-28-14)29-17(26-15)10(9-22-29)6-13-18(30)27-19(31)24-13/h1-9H,(H,23,26)(H2,21,25,28)(H2,24,27,30,31)/b13-6+. The van der Waals surface area contributed by atoms with Crippen LogP contribution in [0.5, 0.6) is 0 Å². The number of rotatable bonds is 5. The molecule has 1 aliphatic rings. The Hall–Kier alpha value is -4.38. The van der Waals surface area contributed by atoms with E-state index in [0.29, 0.717) is 33.7 Å². The highest BCUT2D eigenvalue weighted by molar-refractivity contribution is 6.30. The molecule has 0 spiro atoms. The van der Waals surface area contributed by atoms with E-state index in [0.717, 1.165) is 5.69 Å². The number of benzene rings is 1. The summed E-state index contributed by atoms with van der Waals surface area (Å²) in [5.74, 6) is 1.14. The number of anilines is 4. The molecule has 3 amide bonds. The van der Waals surface area contributed by atoms with Gasteiger partial charge in [-0.15, -0.1) is 0 Å². The first-order valence-corrected chi connectivity index (χ1v) is 9.45. The molecule has 1 saturated heterocycles. The van der Waals surface area contributed by atoms with Crippen LogP contribution in [-0.4, -0.2) is 36.7 Å². The van der Waals surface area contributed by atoms with Gasteiger partial charge in [0.15, 0.2) is 11.5 Å². The number of nitrogens with one attached hydrogen (secondary N) is 5. The van der Waals surface area contributed by atoms with Gasteiger partial charge in [-0.05, 0) is 24.3 Å². The molecule has 1 aliphatic heterocycles. The minimum Gasteiger partial charge on any atom is -0.340 e. The maximum Gasteiger partial charge on any atom is 0.326 e. The van der Waals surface area contributed by atoms with Crippen molar-refractivity contribution in [2.75, 3.05) is 10.6 Å². The first-order chi connectivity index (χ1) is 15.0. The quantitative estimate of drug-likeness (QED) is 0.240. The molecule has 0 radical (unpaired) electrons. The minimum absolute atomic E-state index is 0.108. The summed E-state index contributed by atoms with van der Waals surface area (Å²) in [5.41, 5.74) is 1.84. The molecule has 11 nitrogen and oxygen atoms in total. The third-order valence-corrected chi connectivity index (χ3v) is 4.61. The van der Waals surface area contributed by atoms with Gasteiger partial charge in [-0.2, -0.15) is 14.7 Å². The molecule has 0 unspecified atom stereocenters. The fraction of sp³-hybridized carbons (Fsp3) is 0. The monoisotopic (exact) mass is 435 g/mol.